The summed E-state index contributed by atoms with van der Waals surface area (Å²) in [6, 6.07) is 3.22. The highest BCUT2D eigenvalue weighted by atomic mass is 16.5. The van der Waals surface area contributed by atoms with Crippen molar-refractivity contribution in [1.29, 1.82) is 0 Å². The van der Waals surface area contributed by atoms with E-state index in [4.69, 9.17) is 9.84 Å². The summed E-state index contributed by atoms with van der Waals surface area (Å²) in [5.41, 5.74) is 0.646. The second kappa shape index (κ2) is 3.64. The molecule has 0 unspecified atom stereocenters. The van der Waals surface area contributed by atoms with Crippen LogP contribution in [0, 0.1) is 0 Å². The third-order valence-electron chi connectivity index (χ3n) is 2.97. The largest absolute Gasteiger partial charge is 0.504 e. The smallest absolute Gasteiger partial charge is 0.165 e. The molecule has 1 aromatic rings. The van der Waals surface area contributed by atoms with Crippen LogP contribution in [-0.2, 0) is 13.0 Å². The molecule has 0 saturated heterocycles. The van der Waals surface area contributed by atoms with Gasteiger partial charge in [0.1, 0.15) is 5.60 Å². The molecule has 0 aromatic heterocycles. The first-order chi connectivity index (χ1) is 7.44. The highest BCUT2D eigenvalue weighted by Crippen LogP contribution is 2.40. The molecule has 1 atom stereocenters. The summed E-state index contributed by atoms with van der Waals surface area (Å²) in [4.78, 5) is 0. The van der Waals surface area contributed by atoms with Crippen LogP contribution in [0.1, 0.15) is 25.0 Å². The van der Waals surface area contributed by atoms with Gasteiger partial charge in [0.05, 0.1) is 12.7 Å². The van der Waals surface area contributed by atoms with Crippen LogP contribution in [0.15, 0.2) is 12.1 Å². The molecule has 1 aliphatic heterocycles. The summed E-state index contributed by atoms with van der Waals surface area (Å²) in [6.07, 6.45) is -0.197. The first-order valence-electron chi connectivity index (χ1n) is 5.27. The Morgan fingerprint density at radius 2 is 2.12 bits per heavy atom. The highest BCUT2D eigenvalue weighted by Gasteiger charge is 2.36. The molecule has 0 fully saturated rings. The van der Waals surface area contributed by atoms with E-state index in [1.54, 1.807) is 19.9 Å². The average Bonchev–Trinajstić information content (AvgIpc) is 2.21. The number of hydrogen-bond acceptors (Lipinski definition) is 4. The molecule has 3 N–H and O–H groups in total. The molecule has 0 aliphatic carbocycles. The monoisotopic (exact) mass is 224 g/mol. The number of ether oxygens (including phenoxy) is 1. The zero-order chi connectivity index (χ0) is 11.9. The normalized spacial score (nSPS) is 22.4. The Hall–Kier alpha value is -1.26. The van der Waals surface area contributed by atoms with Gasteiger partial charge in [0.15, 0.2) is 11.5 Å². The molecule has 0 saturated carbocycles. The van der Waals surface area contributed by atoms with Crippen LogP contribution in [0.4, 0.5) is 0 Å². The van der Waals surface area contributed by atoms with Gasteiger partial charge in [-0.2, -0.15) is 0 Å². The minimum atomic E-state index is -0.703. The molecule has 2 rings (SSSR count). The Labute approximate surface area is 94.1 Å². The Bertz CT molecular complexity index is 412. The first kappa shape index (κ1) is 11.2. The van der Waals surface area contributed by atoms with Crippen molar-refractivity contribution in [3.63, 3.8) is 0 Å². The predicted octanol–water partition coefficient (Wildman–Crippen LogP) is 0.959. The van der Waals surface area contributed by atoms with Gasteiger partial charge in [-0.25, -0.2) is 0 Å². The lowest BCUT2D eigenvalue weighted by Gasteiger charge is -2.37. The molecule has 0 bridgehead atoms. The fourth-order valence-electron chi connectivity index (χ4n) is 1.88. The third kappa shape index (κ3) is 1.74. The minimum absolute atomic E-state index is 0.0153. The number of phenols is 1. The van der Waals surface area contributed by atoms with Gasteiger partial charge in [-0.05, 0) is 31.5 Å². The number of rotatable bonds is 1. The maximum atomic E-state index is 9.87. The van der Waals surface area contributed by atoms with Gasteiger partial charge in [-0.1, -0.05) is 0 Å². The van der Waals surface area contributed by atoms with Gasteiger partial charge in [-0.15, -0.1) is 0 Å². The molecular formula is C12H16O4. The van der Waals surface area contributed by atoms with Gasteiger partial charge < -0.3 is 20.1 Å². The Kier molecular flexibility index (Phi) is 2.56. The predicted molar refractivity (Wildman–Crippen MR) is 58.4 cm³/mol. The van der Waals surface area contributed by atoms with Crippen molar-refractivity contribution in [2.24, 2.45) is 0 Å². The Morgan fingerprint density at radius 1 is 1.44 bits per heavy atom. The fraction of sp³-hybridized carbons (Fsp3) is 0.500. The summed E-state index contributed by atoms with van der Waals surface area (Å²) >= 11 is 0. The van der Waals surface area contributed by atoms with E-state index in [-0.39, 0.29) is 12.4 Å². The van der Waals surface area contributed by atoms with Crippen molar-refractivity contribution < 1.29 is 20.1 Å². The van der Waals surface area contributed by atoms with Crippen molar-refractivity contribution >= 4 is 0 Å². The number of aliphatic hydroxyl groups is 2. The van der Waals surface area contributed by atoms with E-state index in [2.05, 4.69) is 0 Å². The summed E-state index contributed by atoms with van der Waals surface area (Å²) in [5.74, 6) is 0.425. The Balaban J connectivity index is 2.47. The molecule has 4 heteroatoms. The lowest BCUT2D eigenvalue weighted by molar-refractivity contribution is -0.0426. The van der Waals surface area contributed by atoms with Crippen molar-refractivity contribution in [2.45, 2.75) is 38.6 Å². The van der Waals surface area contributed by atoms with Crippen molar-refractivity contribution in [1.82, 2.24) is 0 Å². The maximum absolute atomic E-state index is 9.87. The molecule has 0 amide bonds. The lowest BCUT2D eigenvalue weighted by atomic mass is 9.90. The molecule has 1 aliphatic rings. The SMILES string of the molecule is CC1(C)Oc2c(O)cc(CO)cc2C[C@@H]1O. The molecule has 16 heavy (non-hydrogen) atoms. The van der Waals surface area contributed by atoms with E-state index in [0.717, 1.165) is 5.56 Å². The minimum Gasteiger partial charge on any atom is -0.504 e. The molecule has 0 spiro atoms. The van der Waals surface area contributed by atoms with E-state index in [9.17, 15) is 10.2 Å². The van der Waals surface area contributed by atoms with Crippen LogP contribution >= 0.6 is 0 Å². The Morgan fingerprint density at radius 3 is 2.75 bits per heavy atom. The quantitative estimate of drug-likeness (QED) is 0.664. The molecule has 88 valence electrons. The van der Waals surface area contributed by atoms with Crippen molar-refractivity contribution in [2.75, 3.05) is 0 Å². The fourth-order valence-corrected chi connectivity index (χ4v) is 1.88. The van der Waals surface area contributed by atoms with Crippen LogP contribution < -0.4 is 4.74 Å². The molecule has 4 nitrogen and oxygen atoms in total. The number of fused-ring (bicyclic) bond motifs is 1. The van der Waals surface area contributed by atoms with E-state index in [0.29, 0.717) is 17.7 Å². The molecular weight excluding hydrogens is 208 g/mol. The zero-order valence-electron chi connectivity index (χ0n) is 9.40. The van der Waals surface area contributed by atoms with Gasteiger partial charge >= 0.3 is 0 Å². The highest BCUT2D eigenvalue weighted by molar-refractivity contribution is 5.50. The zero-order valence-corrected chi connectivity index (χ0v) is 9.40. The average molecular weight is 224 g/mol. The van der Waals surface area contributed by atoms with Crippen molar-refractivity contribution in [3.8, 4) is 11.5 Å². The maximum Gasteiger partial charge on any atom is 0.165 e. The number of aromatic hydroxyl groups is 1. The van der Waals surface area contributed by atoms with Crippen molar-refractivity contribution in [3.05, 3.63) is 23.3 Å². The standard InChI is InChI=1S/C12H16O4/c1-12(2)10(15)5-8-3-7(6-13)4-9(14)11(8)16-12/h3-4,10,13-15H,5-6H2,1-2H3/t10-/m0/s1. The summed E-state index contributed by atoms with van der Waals surface area (Å²) in [6.45, 7) is 3.42. The van der Waals surface area contributed by atoms with Gasteiger partial charge in [0, 0.05) is 12.0 Å². The number of phenolic OH excluding ortho intramolecular Hbond substituents is 1. The van der Waals surface area contributed by atoms with Crippen LogP contribution in [0.3, 0.4) is 0 Å². The van der Waals surface area contributed by atoms with E-state index in [1.807, 2.05) is 0 Å². The number of benzene rings is 1. The van der Waals surface area contributed by atoms with Crippen LogP contribution in [-0.4, -0.2) is 27.0 Å². The van der Waals surface area contributed by atoms with E-state index < -0.39 is 11.7 Å². The number of hydrogen-bond donors (Lipinski definition) is 3. The summed E-state index contributed by atoms with van der Waals surface area (Å²) in [7, 11) is 0. The van der Waals surface area contributed by atoms with Crippen LogP contribution in [0.25, 0.3) is 0 Å². The molecule has 1 aromatic carbocycles. The lowest BCUT2D eigenvalue weighted by Crippen LogP contribution is -2.46. The molecule has 1 heterocycles. The van der Waals surface area contributed by atoms with E-state index >= 15 is 0 Å². The summed E-state index contributed by atoms with van der Waals surface area (Å²) in [5, 5.41) is 28.7. The second-order valence-corrected chi connectivity index (χ2v) is 4.69. The van der Waals surface area contributed by atoms with Gasteiger partial charge in [0.25, 0.3) is 0 Å². The first-order valence-corrected chi connectivity index (χ1v) is 5.27. The van der Waals surface area contributed by atoms with Crippen LogP contribution in [0.5, 0.6) is 11.5 Å². The van der Waals surface area contributed by atoms with E-state index in [1.165, 1.54) is 6.07 Å². The molecule has 0 radical (unpaired) electrons. The van der Waals surface area contributed by atoms with Gasteiger partial charge in [-0.3, -0.25) is 0 Å². The second-order valence-electron chi connectivity index (χ2n) is 4.69. The topological polar surface area (TPSA) is 69.9 Å². The third-order valence-corrected chi connectivity index (χ3v) is 2.97. The summed E-state index contributed by atoms with van der Waals surface area (Å²) < 4.78 is 5.58. The number of aliphatic hydroxyl groups excluding tert-OH is 2. The van der Waals surface area contributed by atoms with Gasteiger partial charge in [0.2, 0.25) is 0 Å². The van der Waals surface area contributed by atoms with Crippen LogP contribution in [0.2, 0.25) is 0 Å².